The lowest BCUT2D eigenvalue weighted by Gasteiger charge is -2.43. The van der Waals surface area contributed by atoms with Crippen molar-refractivity contribution in [3.05, 3.63) is 58.1 Å². The summed E-state index contributed by atoms with van der Waals surface area (Å²) in [7, 11) is 0. The molecule has 0 saturated carbocycles. The van der Waals surface area contributed by atoms with Crippen molar-refractivity contribution in [2.75, 3.05) is 46.0 Å². The highest BCUT2D eigenvalue weighted by Gasteiger charge is 2.41. The van der Waals surface area contributed by atoms with Crippen LogP contribution in [0, 0.1) is 13.8 Å². The maximum Gasteiger partial charge on any atom is 0.225 e. The molecular formula is C31H42ClN3O5. The van der Waals surface area contributed by atoms with Gasteiger partial charge >= 0.3 is 0 Å². The second-order valence-electron chi connectivity index (χ2n) is 11.0. The lowest BCUT2D eigenvalue weighted by Crippen LogP contribution is -2.57. The van der Waals surface area contributed by atoms with Crippen LogP contribution in [0.3, 0.4) is 0 Å². The molecule has 8 nitrogen and oxygen atoms in total. The maximum absolute atomic E-state index is 13.6. The highest BCUT2D eigenvalue weighted by Crippen LogP contribution is 2.31. The van der Waals surface area contributed by atoms with E-state index in [-0.39, 0.29) is 30.9 Å². The van der Waals surface area contributed by atoms with E-state index in [1.165, 1.54) is 6.92 Å². The number of para-hydroxylation sites is 1. The number of nitrogens with zero attached hydrogens (tertiary/aromatic N) is 2. The molecule has 1 N–H and O–H groups in total. The van der Waals surface area contributed by atoms with E-state index in [1.54, 1.807) is 0 Å². The van der Waals surface area contributed by atoms with E-state index in [1.807, 2.05) is 56.0 Å². The molecule has 2 aliphatic rings. The molecule has 0 unspecified atom stereocenters. The topological polar surface area (TPSA) is 80.3 Å². The third kappa shape index (κ3) is 7.89. The molecule has 0 spiro atoms. The second-order valence-corrected chi connectivity index (χ2v) is 11.4. The average molecular weight is 572 g/mol. The Morgan fingerprint density at radius 2 is 1.80 bits per heavy atom. The molecule has 2 amide bonds. The predicted octanol–water partition coefficient (Wildman–Crippen LogP) is 4.52. The Bertz CT molecular complexity index is 1160. The number of amides is 2. The van der Waals surface area contributed by atoms with Gasteiger partial charge in [-0.1, -0.05) is 29.8 Å². The fourth-order valence-corrected chi connectivity index (χ4v) is 5.74. The van der Waals surface area contributed by atoms with E-state index in [9.17, 15) is 9.59 Å². The largest absolute Gasteiger partial charge is 0.494 e. The van der Waals surface area contributed by atoms with Crippen molar-refractivity contribution in [2.45, 2.75) is 65.1 Å². The lowest BCUT2D eigenvalue weighted by molar-refractivity contribution is -0.157. The van der Waals surface area contributed by atoms with Crippen LogP contribution in [0.25, 0.3) is 0 Å². The van der Waals surface area contributed by atoms with Crippen LogP contribution >= 0.6 is 11.6 Å². The Labute approximate surface area is 242 Å². The van der Waals surface area contributed by atoms with E-state index >= 15 is 0 Å². The number of ether oxygens (including phenoxy) is 3. The van der Waals surface area contributed by atoms with Gasteiger partial charge < -0.3 is 24.4 Å². The molecule has 0 aliphatic carbocycles. The molecule has 40 heavy (non-hydrogen) atoms. The monoisotopic (exact) mass is 571 g/mol. The summed E-state index contributed by atoms with van der Waals surface area (Å²) >= 11 is 6.38. The van der Waals surface area contributed by atoms with Crippen LogP contribution in [0.5, 0.6) is 11.5 Å². The number of nitrogens with one attached hydrogen (secondary N) is 1. The van der Waals surface area contributed by atoms with Gasteiger partial charge in [0.25, 0.3) is 0 Å². The van der Waals surface area contributed by atoms with Crippen LogP contribution in [-0.4, -0.2) is 79.3 Å². The maximum atomic E-state index is 13.6. The predicted molar refractivity (Wildman–Crippen MR) is 156 cm³/mol. The minimum atomic E-state index is -0.814. The normalized spacial score (nSPS) is 20.3. The number of carbonyl (C=O) groups excluding carboxylic acids is 2. The Kier molecular flexibility index (Phi) is 10.3. The van der Waals surface area contributed by atoms with E-state index in [0.717, 1.165) is 46.8 Å². The van der Waals surface area contributed by atoms with Crippen LogP contribution in [0.1, 0.15) is 49.8 Å². The molecule has 4 rings (SSSR count). The third-order valence-electron chi connectivity index (χ3n) is 7.63. The van der Waals surface area contributed by atoms with Gasteiger partial charge in [-0.2, -0.15) is 0 Å². The van der Waals surface area contributed by atoms with Crippen molar-refractivity contribution in [1.82, 2.24) is 15.1 Å². The zero-order chi connectivity index (χ0) is 28.7. The summed E-state index contributed by atoms with van der Waals surface area (Å²) in [6, 6.07) is 12.1. The summed E-state index contributed by atoms with van der Waals surface area (Å²) in [6.45, 7) is 12.0. The highest BCUT2D eigenvalue weighted by atomic mass is 35.5. The van der Waals surface area contributed by atoms with Gasteiger partial charge in [-0.05, 0) is 62.9 Å². The summed E-state index contributed by atoms with van der Waals surface area (Å²) in [6.07, 6.45) is 1.71. The first-order valence-electron chi connectivity index (χ1n) is 14.2. The van der Waals surface area contributed by atoms with Gasteiger partial charge in [0, 0.05) is 56.3 Å². The van der Waals surface area contributed by atoms with Crippen LogP contribution in [-0.2, 0) is 20.9 Å². The fraction of sp³-hybridized carbons (Fsp3) is 0.548. The highest BCUT2D eigenvalue weighted by molar-refractivity contribution is 6.32. The Balaban J connectivity index is 1.50. The molecule has 2 fully saturated rings. The Hall–Kier alpha value is -2.81. The van der Waals surface area contributed by atoms with Crippen molar-refractivity contribution in [1.29, 1.82) is 0 Å². The van der Waals surface area contributed by atoms with E-state index in [0.29, 0.717) is 45.1 Å². The molecule has 0 bridgehead atoms. The average Bonchev–Trinajstić information content (AvgIpc) is 2.92. The van der Waals surface area contributed by atoms with Crippen LogP contribution in [0.15, 0.2) is 36.4 Å². The van der Waals surface area contributed by atoms with Crippen molar-refractivity contribution in [2.24, 2.45) is 0 Å². The summed E-state index contributed by atoms with van der Waals surface area (Å²) in [4.78, 5) is 29.3. The summed E-state index contributed by atoms with van der Waals surface area (Å²) in [5.74, 6) is 1.61. The lowest BCUT2D eigenvalue weighted by atomic mass is 9.95. The molecule has 2 aromatic carbocycles. The fourth-order valence-electron chi connectivity index (χ4n) is 5.63. The van der Waals surface area contributed by atoms with Gasteiger partial charge in [-0.3, -0.25) is 14.5 Å². The minimum Gasteiger partial charge on any atom is -0.494 e. The Morgan fingerprint density at radius 1 is 1.10 bits per heavy atom. The van der Waals surface area contributed by atoms with Gasteiger partial charge in [0.05, 0.1) is 19.6 Å². The number of benzene rings is 2. The first kappa shape index (κ1) is 30.2. The zero-order valence-corrected chi connectivity index (χ0v) is 24.9. The van der Waals surface area contributed by atoms with E-state index < -0.39 is 5.60 Å². The number of halogens is 1. The van der Waals surface area contributed by atoms with Crippen molar-refractivity contribution >= 4 is 23.4 Å². The van der Waals surface area contributed by atoms with Crippen molar-refractivity contribution in [3.8, 4) is 11.5 Å². The molecule has 218 valence electrons. The summed E-state index contributed by atoms with van der Waals surface area (Å²) < 4.78 is 18.6. The summed E-state index contributed by atoms with van der Waals surface area (Å²) in [5.41, 5.74) is 2.19. The Morgan fingerprint density at radius 3 is 2.48 bits per heavy atom. The van der Waals surface area contributed by atoms with Gasteiger partial charge in [-0.15, -0.1) is 0 Å². The van der Waals surface area contributed by atoms with Gasteiger partial charge in [0.15, 0.2) is 0 Å². The zero-order valence-electron chi connectivity index (χ0n) is 24.1. The first-order chi connectivity index (χ1) is 19.2. The number of aryl methyl sites for hydroxylation is 2. The van der Waals surface area contributed by atoms with Crippen molar-refractivity contribution in [3.63, 3.8) is 0 Å². The third-order valence-corrected chi connectivity index (χ3v) is 8.23. The quantitative estimate of drug-likeness (QED) is 0.452. The number of hydrogen-bond donors (Lipinski definition) is 1. The van der Waals surface area contributed by atoms with Crippen LogP contribution in [0.2, 0.25) is 5.02 Å². The molecule has 2 aromatic rings. The molecule has 2 saturated heterocycles. The van der Waals surface area contributed by atoms with E-state index in [2.05, 4.69) is 16.3 Å². The summed E-state index contributed by atoms with van der Waals surface area (Å²) in [5, 5.41) is 3.71. The number of rotatable bonds is 10. The molecular weight excluding hydrogens is 530 g/mol. The van der Waals surface area contributed by atoms with Gasteiger partial charge in [-0.25, -0.2) is 0 Å². The number of morpholine rings is 1. The molecule has 1 atom stereocenters. The molecule has 9 heteroatoms. The molecule has 2 aliphatic heterocycles. The SMILES string of the molecule is CCOc1ccccc1CN1CCO[C@@](COc2cc(C)c(Cl)c(C)c2)(CC(=O)N2CCC(NC(C)=O)CC2)C1. The van der Waals surface area contributed by atoms with Gasteiger partial charge in [0.2, 0.25) is 11.8 Å². The minimum absolute atomic E-state index is 0.0323. The molecule has 0 radical (unpaired) electrons. The number of piperidine rings is 1. The molecule has 0 aromatic heterocycles. The number of carbonyl (C=O) groups is 2. The number of likely N-dealkylation sites (tertiary alicyclic amines) is 1. The molecule has 2 heterocycles. The van der Waals surface area contributed by atoms with Crippen LogP contribution in [0.4, 0.5) is 0 Å². The standard InChI is InChI=1S/C31H42ClN3O5/c1-5-38-28-9-7-6-8-25(28)19-34-14-15-40-31(20-34,21-39-27-16-22(2)30(32)23(3)17-27)18-29(37)35-12-10-26(11-13-35)33-24(4)36/h6-9,16-17,26H,5,10-15,18-21H2,1-4H3,(H,33,36)/t31-/m0/s1. The smallest absolute Gasteiger partial charge is 0.225 e. The number of hydrogen-bond acceptors (Lipinski definition) is 6. The first-order valence-corrected chi connectivity index (χ1v) is 14.6. The van der Waals surface area contributed by atoms with Gasteiger partial charge in [0.1, 0.15) is 23.7 Å². The van der Waals surface area contributed by atoms with Crippen molar-refractivity contribution < 1.29 is 23.8 Å². The second kappa shape index (κ2) is 13.7. The van der Waals surface area contributed by atoms with Crippen LogP contribution < -0.4 is 14.8 Å². The van der Waals surface area contributed by atoms with E-state index in [4.69, 9.17) is 25.8 Å².